The first kappa shape index (κ1) is 11.0. The van der Waals surface area contributed by atoms with Crippen LogP contribution in [0.5, 0.6) is 0 Å². The molecule has 78 valence electrons. The second-order valence-electron chi connectivity index (χ2n) is 2.95. The Balaban J connectivity index is 2.48. The number of nitrogens with zero attached hydrogens (tertiary/aromatic N) is 1. The smallest absolute Gasteiger partial charge is 0.388 e. The summed E-state index contributed by atoms with van der Waals surface area (Å²) in [6.45, 7) is 0. The van der Waals surface area contributed by atoms with Gasteiger partial charge in [0.1, 0.15) is 0 Å². The number of hydrogen-bond acceptors (Lipinski definition) is 2. The molecule has 0 bridgehead atoms. The number of aliphatic hydroxyl groups is 1. The lowest BCUT2D eigenvalue weighted by molar-refractivity contribution is -0.140. The number of aliphatic hydroxyl groups excluding tert-OH is 1. The topological polar surface area (TPSA) is 33.1 Å². The maximum absolute atomic E-state index is 11.8. The Morgan fingerprint density at radius 1 is 1.29 bits per heavy atom. The SMILES string of the molecule is OC(CCC(F)(F)F)c1ccncc1. The van der Waals surface area contributed by atoms with Crippen molar-refractivity contribution in [3.63, 3.8) is 0 Å². The molecule has 0 saturated heterocycles. The second kappa shape index (κ2) is 4.41. The molecule has 1 aromatic rings. The van der Waals surface area contributed by atoms with Gasteiger partial charge in [0.05, 0.1) is 6.10 Å². The monoisotopic (exact) mass is 205 g/mol. The zero-order valence-electron chi connectivity index (χ0n) is 7.33. The molecule has 1 heterocycles. The van der Waals surface area contributed by atoms with Crippen molar-refractivity contribution in [1.29, 1.82) is 0 Å². The molecular formula is C9H10F3NO. The summed E-state index contributed by atoms with van der Waals surface area (Å²) in [5, 5.41) is 9.36. The molecule has 0 aliphatic heterocycles. The number of halogens is 3. The summed E-state index contributed by atoms with van der Waals surface area (Å²) >= 11 is 0. The third-order valence-electron chi connectivity index (χ3n) is 1.79. The van der Waals surface area contributed by atoms with Gasteiger partial charge in [-0.2, -0.15) is 13.2 Å². The van der Waals surface area contributed by atoms with Crippen LogP contribution in [0.25, 0.3) is 0 Å². The van der Waals surface area contributed by atoms with Gasteiger partial charge in [0, 0.05) is 18.8 Å². The van der Waals surface area contributed by atoms with E-state index in [2.05, 4.69) is 4.98 Å². The Hall–Kier alpha value is -1.10. The van der Waals surface area contributed by atoms with Crippen LogP contribution in [0.15, 0.2) is 24.5 Å². The summed E-state index contributed by atoms with van der Waals surface area (Å²) in [6.07, 6.45) is -3.70. The molecule has 0 aromatic carbocycles. The fourth-order valence-electron chi connectivity index (χ4n) is 1.05. The van der Waals surface area contributed by atoms with Gasteiger partial charge in [-0.1, -0.05) is 0 Å². The lowest BCUT2D eigenvalue weighted by Gasteiger charge is -2.11. The molecule has 0 aliphatic rings. The summed E-state index contributed by atoms with van der Waals surface area (Å²) in [6, 6.07) is 3.00. The van der Waals surface area contributed by atoms with Gasteiger partial charge in [-0.25, -0.2) is 0 Å². The zero-order chi connectivity index (χ0) is 10.6. The highest BCUT2D eigenvalue weighted by atomic mass is 19.4. The Bertz CT molecular complexity index is 273. The van der Waals surface area contributed by atoms with Crippen molar-refractivity contribution in [2.24, 2.45) is 0 Å². The molecule has 0 saturated carbocycles. The molecule has 0 aliphatic carbocycles. The maximum atomic E-state index is 11.8. The molecule has 1 atom stereocenters. The summed E-state index contributed by atoms with van der Waals surface area (Å²) in [5.41, 5.74) is 0.462. The minimum Gasteiger partial charge on any atom is -0.388 e. The van der Waals surface area contributed by atoms with Gasteiger partial charge in [0.15, 0.2) is 0 Å². The number of aromatic nitrogens is 1. The van der Waals surface area contributed by atoms with E-state index in [1.807, 2.05) is 0 Å². The first-order chi connectivity index (χ1) is 6.49. The van der Waals surface area contributed by atoms with Crippen LogP contribution in [0.3, 0.4) is 0 Å². The maximum Gasteiger partial charge on any atom is 0.389 e. The van der Waals surface area contributed by atoms with Gasteiger partial charge in [-0.3, -0.25) is 4.98 Å². The average Bonchev–Trinajstić information content (AvgIpc) is 2.14. The van der Waals surface area contributed by atoms with Crippen molar-refractivity contribution in [2.75, 3.05) is 0 Å². The van der Waals surface area contributed by atoms with Crippen LogP contribution in [0.4, 0.5) is 13.2 Å². The highest BCUT2D eigenvalue weighted by Crippen LogP contribution is 2.26. The lowest BCUT2D eigenvalue weighted by atomic mass is 10.1. The molecule has 1 aromatic heterocycles. The Labute approximate surface area is 79.4 Å². The molecule has 1 unspecified atom stereocenters. The fourth-order valence-corrected chi connectivity index (χ4v) is 1.05. The van der Waals surface area contributed by atoms with Crippen LogP contribution < -0.4 is 0 Å². The Morgan fingerprint density at radius 2 is 1.86 bits per heavy atom. The minimum absolute atomic E-state index is 0.312. The van der Waals surface area contributed by atoms with E-state index in [9.17, 15) is 18.3 Å². The quantitative estimate of drug-likeness (QED) is 0.822. The van der Waals surface area contributed by atoms with Gasteiger partial charge in [0.2, 0.25) is 0 Å². The summed E-state index contributed by atoms with van der Waals surface area (Å²) < 4.78 is 35.4. The molecule has 5 heteroatoms. The molecule has 0 spiro atoms. The van der Waals surface area contributed by atoms with Gasteiger partial charge < -0.3 is 5.11 Å². The Morgan fingerprint density at radius 3 is 2.36 bits per heavy atom. The predicted octanol–water partition coefficient (Wildman–Crippen LogP) is 2.46. The molecule has 2 nitrogen and oxygen atoms in total. The van der Waals surface area contributed by atoms with Crippen molar-refractivity contribution in [3.05, 3.63) is 30.1 Å². The van der Waals surface area contributed by atoms with E-state index in [0.29, 0.717) is 5.56 Å². The van der Waals surface area contributed by atoms with Crippen LogP contribution in [0, 0.1) is 0 Å². The fraction of sp³-hybridized carbons (Fsp3) is 0.444. The van der Waals surface area contributed by atoms with E-state index in [1.165, 1.54) is 24.5 Å². The summed E-state index contributed by atoms with van der Waals surface area (Å²) in [4.78, 5) is 3.70. The predicted molar refractivity (Wildman–Crippen MR) is 44.5 cm³/mol. The van der Waals surface area contributed by atoms with Crippen molar-refractivity contribution >= 4 is 0 Å². The molecule has 0 radical (unpaired) electrons. The van der Waals surface area contributed by atoms with E-state index in [-0.39, 0.29) is 6.42 Å². The van der Waals surface area contributed by atoms with E-state index in [0.717, 1.165) is 0 Å². The number of alkyl halides is 3. The zero-order valence-corrected chi connectivity index (χ0v) is 7.33. The van der Waals surface area contributed by atoms with Gasteiger partial charge >= 0.3 is 6.18 Å². The second-order valence-corrected chi connectivity index (χ2v) is 2.95. The van der Waals surface area contributed by atoms with Crippen LogP contribution in [0.2, 0.25) is 0 Å². The van der Waals surface area contributed by atoms with Gasteiger partial charge in [-0.05, 0) is 24.1 Å². The molecule has 1 rings (SSSR count). The largest absolute Gasteiger partial charge is 0.389 e. The summed E-state index contributed by atoms with van der Waals surface area (Å²) in [7, 11) is 0. The summed E-state index contributed by atoms with van der Waals surface area (Å²) in [5.74, 6) is 0. The average molecular weight is 205 g/mol. The highest BCUT2D eigenvalue weighted by Gasteiger charge is 2.28. The minimum atomic E-state index is -4.21. The van der Waals surface area contributed by atoms with E-state index < -0.39 is 18.7 Å². The molecule has 1 N–H and O–H groups in total. The van der Waals surface area contributed by atoms with Crippen molar-refractivity contribution < 1.29 is 18.3 Å². The van der Waals surface area contributed by atoms with E-state index in [1.54, 1.807) is 0 Å². The van der Waals surface area contributed by atoms with Crippen LogP contribution in [-0.4, -0.2) is 16.3 Å². The Kier molecular flexibility index (Phi) is 3.46. The van der Waals surface area contributed by atoms with Crippen LogP contribution in [0.1, 0.15) is 24.5 Å². The van der Waals surface area contributed by atoms with Crippen molar-refractivity contribution in [1.82, 2.24) is 4.98 Å². The van der Waals surface area contributed by atoms with E-state index >= 15 is 0 Å². The van der Waals surface area contributed by atoms with Crippen LogP contribution >= 0.6 is 0 Å². The molecule has 0 fully saturated rings. The highest BCUT2D eigenvalue weighted by molar-refractivity contribution is 5.12. The normalized spacial score (nSPS) is 14.0. The van der Waals surface area contributed by atoms with Crippen molar-refractivity contribution in [3.8, 4) is 0 Å². The molecular weight excluding hydrogens is 195 g/mol. The van der Waals surface area contributed by atoms with Gasteiger partial charge in [0.25, 0.3) is 0 Å². The third-order valence-corrected chi connectivity index (χ3v) is 1.79. The van der Waals surface area contributed by atoms with Crippen LogP contribution in [-0.2, 0) is 0 Å². The molecule has 14 heavy (non-hydrogen) atoms. The van der Waals surface area contributed by atoms with Crippen molar-refractivity contribution in [2.45, 2.75) is 25.1 Å². The third kappa shape index (κ3) is 3.74. The first-order valence-corrected chi connectivity index (χ1v) is 4.14. The standard InChI is InChI=1S/C9H10F3NO/c10-9(11,12)4-1-8(14)7-2-5-13-6-3-7/h2-3,5-6,8,14H,1,4H2. The molecule has 0 amide bonds. The van der Waals surface area contributed by atoms with E-state index in [4.69, 9.17) is 0 Å². The first-order valence-electron chi connectivity index (χ1n) is 4.14. The number of rotatable bonds is 3. The number of hydrogen-bond donors (Lipinski definition) is 1. The lowest BCUT2D eigenvalue weighted by Crippen LogP contribution is -2.10. The van der Waals surface area contributed by atoms with Gasteiger partial charge in [-0.15, -0.1) is 0 Å². The number of pyridine rings is 1.